The van der Waals surface area contributed by atoms with Gasteiger partial charge >= 0.3 is 6.09 Å². The molecule has 0 aliphatic heterocycles. The SMILES string of the molecule is CN=C(NCc1cccc(OC)c1)NCC(C)(C)NC(=O)OC(C)(C)C.I. The van der Waals surface area contributed by atoms with Crippen LogP contribution < -0.4 is 20.7 Å². The molecule has 0 saturated carbocycles. The number of carbonyl (C=O) groups excluding carboxylic acids is 1. The summed E-state index contributed by atoms with van der Waals surface area (Å²) in [6.45, 7) is 10.4. The number of aliphatic imine (C=N–C) groups is 1. The Morgan fingerprint density at radius 2 is 1.81 bits per heavy atom. The Hall–Kier alpha value is -1.71. The predicted octanol–water partition coefficient (Wildman–Crippen LogP) is 3.28. The van der Waals surface area contributed by atoms with Gasteiger partial charge in [-0.1, -0.05) is 12.1 Å². The Morgan fingerprint density at radius 1 is 1.15 bits per heavy atom. The average molecular weight is 492 g/mol. The second kappa shape index (κ2) is 11.2. The third-order valence-corrected chi connectivity index (χ3v) is 3.35. The van der Waals surface area contributed by atoms with Gasteiger partial charge in [-0.2, -0.15) is 0 Å². The van der Waals surface area contributed by atoms with Crippen LogP contribution in [0.15, 0.2) is 29.3 Å². The van der Waals surface area contributed by atoms with Crippen LogP contribution in [0.2, 0.25) is 0 Å². The first-order valence-electron chi connectivity index (χ1n) is 8.63. The van der Waals surface area contributed by atoms with Crippen molar-refractivity contribution < 1.29 is 14.3 Å². The molecular weight excluding hydrogens is 459 g/mol. The van der Waals surface area contributed by atoms with Gasteiger partial charge in [-0.3, -0.25) is 4.99 Å². The van der Waals surface area contributed by atoms with Crippen molar-refractivity contribution in [2.75, 3.05) is 20.7 Å². The van der Waals surface area contributed by atoms with Gasteiger partial charge in [-0.15, -0.1) is 24.0 Å². The van der Waals surface area contributed by atoms with Gasteiger partial charge in [-0.05, 0) is 52.3 Å². The summed E-state index contributed by atoms with van der Waals surface area (Å²) in [5, 5.41) is 9.31. The second-order valence-corrected chi connectivity index (χ2v) is 7.64. The molecular formula is C19H33IN4O3. The highest BCUT2D eigenvalue weighted by atomic mass is 127. The largest absolute Gasteiger partial charge is 0.497 e. The minimum Gasteiger partial charge on any atom is -0.497 e. The van der Waals surface area contributed by atoms with Gasteiger partial charge in [-0.25, -0.2) is 4.79 Å². The van der Waals surface area contributed by atoms with Crippen LogP contribution in [-0.2, 0) is 11.3 Å². The van der Waals surface area contributed by atoms with Crippen molar-refractivity contribution in [1.29, 1.82) is 0 Å². The van der Waals surface area contributed by atoms with Crippen molar-refractivity contribution in [3.8, 4) is 5.75 Å². The molecule has 27 heavy (non-hydrogen) atoms. The smallest absolute Gasteiger partial charge is 0.408 e. The molecule has 0 fully saturated rings. The van der Waals surface area contributed by atoms with Gasteiger partial charge in [0.15, 0.2) is 5.96 Å². The van der Waals surface area contributed by atoms with Crippen molar-refractivity contribution in [2.24, 2.45) is 4.99 Å². The number of hydrogen-bond acceptors (Lipinski definition) is 4. The van der Waals surface area contributed by atoms with Crippen LogP contribution >= 0.6 is 24.0 Å². The van der Waals surface area contributed by atoms with Crippen LogP contribution in [0.5, 0.6) is 5.75 Å². The molecule has 0 saturated heterocycles. The van der Waals surface area contributed by atoms with Crippen LogP contribution in [0.4, 0.5) is 4.79 Å². The number of hydrogen-bond donors (Lipinski definition) is 3. The molecule has 3 N–H and O–H groups in total. The van der Waals surface area contributed by atoms with E-state index in [4.69, 9.17) is 9.47 Å². The van der Waals surface area contributed by atoms with Crippen LogP contribution in [0.3, 0.4) is 0 Å². The van der Waals surface area contributed by atoms with E-state index in [0.717, 1.165) is 11.3 Å². The molecule has 1 aromatic carbocycles. The number of alkyl carbamates (subject to hydrolysis) is 1. The molecule has 1 rings (SSSR count). The summed E-state index contributed by atoms with van der Waals surface area (Å²) in [6, 6.07) is 7.83. The highest BCUT2D eigenvalue weighted by Gasteiger charge is 2.24. The van der Waals surface area contributed by atoms with E-state index in [-0.39, 0.29) is 24.0 Å². The fraction of sp³-hybridized carbons (Fsp3) is 0.579. The van der Waals surface area contributed by atoms with Crippen molar-refractivity contribution in [3.63, 3.8) is 0 Å². The zero-order valence-corrected chi connectivity index (χ0v) is 19.6. The highest BCUT2D eigenvalue weighted by molar-refractivity contribution is 14.0. The van der Waals surface area contributed by atoms with Crippen molar-refractivity contribution in [2.45, 2.75) is 52.3 Å². The van der Waals surface area contributed by atoms with Gasteiger partial charge in [0.1, 0.15) is 11.4 Å². The van der Waals surface area contributed by atoms with Crippen molar-refractivity contribution >= 4 is 36.0 Å². The number of halogens is 1. The number of amides is 1. The molecule has 0 atom stereocenters. The number of rotatable bonds is 6. The number of benzene rings is 1. The molecule has 0 aliphatic carbocycles. The quantitative estimate of drug-likeness (QED) is 0.323. The minimum atomic E-state index is -0.526. The van der Waals surface area contributed by atoms with E-state index >= 15 is 0 Å². The van der Waals surface area contributed by atoms with Crippen molar-refractivity contribution in [1.82, 2.24) is 16.0 Å². The first-order chi connectivity index (χ1) is 12.0. The lowest BCUT2D eigenvalue weighted by molar-refractivity contribution is 0.0474. The number of nitrogens with one attached hydrogen (secondary N) is 3. The average Bonchev–Trinajstić information content (AvgIpc) is 2.52. The fourth-order valence-corrected chi connectivity index (χ4v) is 2.12. The lowest BCUT2D eigenvalue weighted by Gasteiger charge is -2.29. The van der Waals surface area contributed by atoms with Crippen molar-refractivity contribution in [3.05, 3.63) is 29.8 Å². The zero-order chi connectivity index (χ0) is 19.8. The zero-order valence-electron chi connectivity index (χ0n) is 17.3. The summed E-state index contributed by atoms with van der Waals surface area (Å²) in [7, 11) is 3.35. The first kappa shape index (κ1) is 25.3. The first-order valence-corrected chi connectivity index (χ1v) is 8.63. The molecule has 0 aromatic heterocycles. The van der Waals surface area contributed by atoms with Crippen LogP contribution in [0, 0.1) is 0 Å². The van der Waals surface area contributed by atoms with E-state index in [1.807, 2.05) is 58.9 Å². The molecule has 154 valence electrons. The number of carbonyl (C=O) groups is 1. The summed E-state index contributed by atoms with van der Waals surface area (Å²) < 4.78 is 10.5. The summed E-state index contributed by atoms with van der Waals surface area (Å²) in [5.74, 6) is 1.46. The topological polar surface area (TPSA) is 84.0 Å². The normalized spacial score (nSPS) is 11.9. The van der Waals surface area contributed by atoms with Gasteiger partial charge in [0.25, 0.3) is 0 Å². The number of methoxy groups -OCH3 is 1. The van der Waals surface area contributed by atoms with E-state index in [1.165, 1.54) is 0 Å². The molecule has 0 spiro atoms. The molecule has 0 aliphatic rings. The van der Waals surface area contributed by atoms with E-state index in [0.29, 0.717) is 19.0 Å². The van der Waals surface area contributed by atoms with Gasteiger partial charge in [0.05, 0.1) is 12.6 Å². The highest BCUT2D eigenvalue weighted by Crippen LogP contribution is 2.12. The van der Waals surface area contributed by atoms with Gasteiger partial charge < -0.3 is 25.4 Å². The summed E-state index contributed by atoms with van der Waals surface area (Å²) in [4.78, 5) is 16.1. The van der Waals surface area contributed by atoms with Crippen LogP contribution in [0.25, 0.3) is 0 Å². The van der Waals surface area contributed by atoms with Gasteiger partial charge in [0.2, 0.25) is 0 Å². The molecule has 1 aromatic rings. The Balaban J connectivity index is 0.00000676. The van der Waals surface area contributed by atoms with Crippen LogP contribution in [-0.4, -0.2) is 43.9 Å². The molecule has 0 bridgehead atoms. The molecule has 7 nitrogen and oxygen atoms in total. The molecule has 1 amide bonds. The summed E-state index contributed by atoms with van der Waals surface area (Å²) in [6.07, 6.45) is -0.441. The predicted molar refractivity (Wildman–Crippen MR) is 120 cm³/mol. The standard InChI is InChI=1S/C19H32N4O3.HI/c1-18(2,3)26-17(24)23-19(4,5)13-22-16(20-6)21-12-14-9-8-10-15(11-14)25-7;/h8-11H,12-13H2,1-7H3,(H,23,24)(H2,20,21,22);1H. The Morgan fingerprint density at radius 3 is 2.37 bits per heavy atom. The Bertz CT molecular complexity index is 628. The van der Waals surface area contributed by atoms with E-state index in [1.54, 1.807) is 14.2 Å². The summed E-state index contributed by atoms with van der Waals surface area (Å²) in [5.41, 5.74) is 0.0520. The Kier molecular flexibility index (Phi) is 10.5. The van der Waals surface area contributed by atoms with E-state index < -0.39 is 17.2 Å². The summed E-state index contributed by atoms with van der Waals surface area (Å²) >= 11 is 0. The number of nitrogens with zero attached hydrogens (tertiary/aromatic N) is 1. The third kappa shape index (κ3) is 10.9. The van der Waals surface area contributed by atoms with E-state index in [2.05, 4.69) is 20.9 Å². The Labute approximate surface area is 179 Å². The maximum absolute atomic E-state index is 11.9. The molecule has 8 heteroatoms. The van der Waals surface area contributed by atoms with Gasteiger partial charge in [0, 0.05) is 20.1 Å². The minimum absolute atomic E-state index is 0. The maximum atomic E-state index is 11.9. The second-order valence-electron chi connectivity index (χ2n) is 7.64. The third-order valence-electron chi connectivity index (χ3n) is 3.35. The number of ether oxygens (including phenoxy) is 2. The molecule has 0 radical (unpaired) electrons. The van der Waals surface area contributed by atoms with Crippen LogP contribution in [0.1, 0.15) is 40.2 Å². The molecule has 0 unspecified atom stereocenters. The van der Waals surface area contributed by atoms with E-state index in [9.17, 15) is 4.79 Å². The monoisotopic (exact) mass is 492 g/mol. The fourth-order valence-electron chi connectivity index (χ4n) is 2.12. The molecule has 0 heterocycles. The lowest BCUT2D eigenvalue weighted by Crippen LogP contribution is -2.54. The number of guanidine groups is 1. The maximum Gasteiger partial charge on any atom is 0.408 e. The lowest BCUT2D eigenvalue weighted by atomic mass is 10.1.